The second kappa shape index (κ2) is 8.56. The zero-order chi connectivity index (χ0) is 19.3. The third kappa shape index (κ3) is 4.98. The van der Waals surface area contributed by atoms with Crippen molar-refractivity contribution in [2.75, 3.05) is 26.3 Å². The first kappa shape index (κ1) is 18.7. The molecule has 2 fully saturated rings. The summed E-state index contributed by atoms with van der Waals surface area (Å²) in [6.45, 7) is 2.52. The van der Waals surface area contributed by atoms with Crippen LogP contribution in [0.5, 0.6) is 5.88 Å². The maximum Gasteiger partial charge on any atom is 0.317 e. The average Bonchev–Trinajstić information content (AvgIpc) is 3.56. The molecule has 2 amide bonds. The van der Waals surface area contributed by atoms with Gasteiger partial charge in [-0.05, 0) is 48.1 Å². The van der Waals surface area contributed by atoms with E-state index in [1.54, 1.807) is 23.2 Å². The lowest BCUT2D eigenvalue weighted by Crippen LogP contribution is -2.46. The lowest BCUT2D eigenvalue weighted by atomic mass is 10.1. The van der Waals surface area contributed by atoms with E-state index < -0.39 is 0 Å². The molecule has 4 rings (SSSR count). The van der Waals surface area contributed by atoms with Crippen LogP contribution < -0.4 is 10.1 Å². The molecule has 0 spiro atoms. The van der Waals surface area contributed by atoms with Crippen molar-refractivity contribution >= 4 is 6.03 Å². The summed E-state index contributed by atoms with van der Waals surface area (Å²) < 4.78 is 24.5. The lowest BCUT2D eigenvalue weighted by Gasteiger charge is -2.33. The monoisotopic (exact) mass is 385 g/mol. The molecular weight excluding hydrogens is 361 g/mol. The summed E-state index contributed by atoms with van der Waals surface area (Å²) in [4.78, 5) is 18.5. The van der Waals surface area contributed by atoms with Gasteiger partial charge in [0.15, 0.2) is 0 Å². The molecule has 28 heavy (non-hydrogen) atoms. The summed E-state index contributed by atoms with van der Waals surface area (Å²) in [6.07, 6.45) is 3.91. The number of amides is 2. The molecule has 2 aliphatic rings. The number of nitrogens with one attached hydrogen (secondary N) is 1. The highest BCUT2D eigenvalue weighted by atomic mass is 19.1. The van der Waals surface area contributed by atoms with Crippen LogP contribution >= 0.6 is 0 Å². The lowest BCUT2D eigenvalue weighted by molar-refractivity contribution is -0.0155. The molecule has 2 heterocycles. The Labute approximate surface area is 163 Å². The molecule has 6 nitrogen and oxygen atoms in total. The number of hydrogen-bond donors (Lipinski definition) is 1. The number of carbonyl (C=O) groups is 1. The van der Waals surface area contributed by atoms with Gasteiger partial charge in [0.25, 0.3) is 0 Å². The number of benzene rings is 1. The van der Waals surface area contributed by atoms with Gasteiger partial charge in [-0.2, -0.15) is 0 Å². The topological polar surface area (TPSA) is 63.7 Å². The Balaban J connectivity index is 1.29. The number of morpholine rings is 1. The minimum atomic E-state index is -0.285. The minimum Gasteiger partial charge on any atom is -0.477 e. The fourth-order valence-electron chi connectivity index (χ4n) is 3.13. The van der Waals surface area contributed by atoms with Crippen LogP contribution in [0.2, 0.25) is 0 Å². The van der Waals surface area contributed by atoms with Crippen molar-refractivity contribution in [3.8, 4) is 5.88 Å². The SMILES string of the molecule is O=C(NCc1ccnc(OCC2CC2)c1)N1CCO[C@H](c2ccc(F)cc2)C1. The quantitative estimate of drug-likeness (QED) is 0.829. The van der Waals surface area contributed by atoms with E-state index in [1.807, 2.05) is 12.1 Å². The zero-order valence-corrected chi connectivity index (χ0v) is 15.6. The van der Waals surface area contributed by atoms with Crippen LogP contribution in [0.25, 0.3) is 0 Å². The van der Waals surface area contributed by atoms with E-state index in [-0.39, 0.29) is 18.0 Å². The molecule has 0 bridgehead atoms. The predicted octanol–water partition coefficient (Wildman–Crippen LogP) is 3.29. The van der Waals surface area contributed by atoms with Crippen LogP contribution in [0.3, 0.4) is 0 Å². The minimum absolute atomic E-state index is 0.146. The standard InChI is InChI=1S/C21H24FN3O3/c22-18-5-3-17(4-6-18)19-13-25(9-10-27-19)21(26)24-12-16-7-8-23-20(11-16)28-14-15-1-2-15/h3-8,11,15,19H,1-2,9-10,12-14H2,(H,24,26)/t19-/m0/s1. The van der Waals surface area contributed by atoms with Gasteiger partial charge in [0, 0.05) is 25.4 Å². The Morgan fingerprint density at radius 1 is 1.29 bits per heavy atom. The fraction of sp³-hybridized carbons (Fsp3) is 0.429. The molecule has 7 heteroatoms. The van der Waals surface area contributed by atoms with Gasteiger partial charge < -0.3 is 19.7 Å². The van der Waals surface area contributed by atoms with Gasteiger partial charge in [-0.15, -0.1) is 0 Å². The second-order valence-electron chi connectivity index (χ2n) is 7.27. The Kier molecular flexibility index (Phi) is 5.71. The Morgan fingerprint density at radius 2 is 2.11 bits per heavy atom. The van der Waals surface area contributed by atoms with Crippen molar-refractivity contribution in [3.05, 3.63) is 59.5 Å². The van der Waals surface area contributed by atoms with Gasteiger partial charge in [0.1, 0.15) is 11.9 Å². The predicted molar refractivity (Wildman–Crippen MR) is 101 cm³/mol. The summed E-state index contributed by atoms with van der Waals surface area (Å²) in [5, 5.41) is 2.94. The summed E-state index contributed by atoms with van der Waals surface area (Å²) in [7, 11) is 0. The van der Waals surface area contributed by atoms with E-state index in [9.17, 15) is 9.18 Å². The largest absolute Gasteiger partial charge is 0.477 e. The number of hydrogen-bond acceptors (Lipinski definition) is 4. The Morgan fingerprint density at radius 3 is 2.89 bits per heavy atom. The van der Waals surface area contributed by atoms with Crippen LogP contribution in [0, 0.1) is 11.7 Å². The number of urea groups is 1. The third-order valence-electron chi connectivity index (χ3n) is 5.00. The van der Waals surface area contributed by atoms with E-state index >= 15 is 0 Å². The first-order chi connectivity index (χ1) is 13.7. The van der Waals surface area contributed by atoms with Crippen LogP contribution in [-0.2, 0) is 11.3 Å². The summed E-state index contributed by atoms with van der Waals surface area (Å²) in [5.74, 6) is 0.980. The van der Waals surface area contributed by atoms with E-state index in [2.05, 4.69) is 10.3 Å². The normalized spacial score (nSPS) is 19.3. The van der Waals surface area contributed by atoms with Gasteiger partial charge in [0.05, 0.1) is 19.8 Å². The maximum absolute atomic E-state index is 13.1. The first-order valence-electron chi connectivity index (χ1n) is 9.65. The number of nitrogens with zero attached hydrogens (tertiary/aromatic N) is 2. The zero-order valence-electron chi connectivity index (χ0n) is 15.6. The molecule has 1 atom stereocenters. The highest BCUT2D eigenvalue weighted by Gasteiger charge is 2.25. The van der Waals surface area contributed by atoms with Gasteiger partial charge in [-0.1, -0.05) is 12.1 Å². The maximum atomic E-state index is 13.1. The number of pyridine rings is 1. The fourth-order valence-corrected chi connectivity index (χ4v) is 3.13. The van der Waals surface area contributed by atoms with Crippen molar-refractivity contribution in [2.45, 2.75) is 25.5 Å². The van der Waals surface area contributed by atoms with Gasteiger partial charge >= 0.3 is 6.03 Å². The van der Waals surface area contributed by atoms with Crippen molar-refractivity contribution < 1.29 is 18.7 Å². The van der Waals surface area contributed by atoms with Crippen molar-refractivity contribution in [2.24, 2.45) is 5.92 Å². The molecule has 1 aromatic heterocycles. The molecule has 0 radical (unpaired) electrons. The number of carbonyl (C=O) groups excluding carboxylic acids is 1. The molecule has 1 N–H and O–H groups in total. The average molecular weight is 385 g/mol. The molecule has 0 unspecified atom stereocenters. The number of halogens is 1. The van der Waals surface area contributed by atoms with Crippen LogP contribution in [0.4, 0.5) is 9.18 Å². The summed E-state index contributed by atoms with van der Waals surface area (Å²) >= 11 is 0. The third-order valence-corrected chi connectivity index (χ3v) is 5.00. The number of aromatic nitrogens is 1. The van der Waals surface area contributed by atoms with Crippen LogP contribution in [-0.4, -0.2) is 42.2 Å². The van der Waals surface area contributed by atoms with Crippen LogP contribution in [0.15, 0.2) is 42.6 Å². The Hall–Kier alpha value is -2.67. The molecule has 1 saturated heterocycles. The van der Waals surface area contributed by atoms with Crippen LogP contribution in [0.1, 0.15) is 30.1 Å². The number of ether oxygens (including phenoxy) is 2. The summed E-state index contributed by atoms with van der Waals surface area (Å²) in [6, 6.07) is 9.79. The highest BCUT2D eigenvalue weighted by molar-refractivity contribution is 5.74. The second-order valence-corrected chi connectivity index (χ2v) is 7.27. The van der Waals surface area contributed by atoms with E-state index in [0.717, 1.165) is 11.1 Å². The molecule has 1 aliphatic heterocycles. The molecule has 1 aliphatic carbocycles. The Bertz CT molecular complexity index is 811. The van der Waals surface area contributed by atoms with E-state index in [0.29, 0.717) is 44.6 Å². The van der Waals surface area contributed by atoms with Crippen molar-refractivity contribution in [1.29, 1.82) is 0 Å². The molecular formula is C21H24FN3O3. The van der Waals surface area contributed by atoms with Gasteiger partial charge in [0.2, 0.25) is 5.88 Å². The van der Waals surface area contributed by atoms with Crippen molar-refractivity contribution in [3.63, 3.8) is 0 Å². The smallest absolute Gasteiger partial charge is 0.317 e. The highest BCUT2D eigenvalue weighted by Crippen LogP contribution is 2.29. The van der Waals surface area contributed by atoms with Gasteiger partial charge in [-0.3, -0.25) is 0 Å². The molecule has 2 aromatic rings. The molecule has 1 saturated carbocycles. The molecule has 1 aromatic carbocycles. The number of rotatable bonds is 6. The molecule has 148 valence electrons. The van der Waals surface area contributed by atoms with E-state index in [4.69, 9.17) is 9.47 Å². The summed E-state index contributed by atoms with van der Waals surface area (Å²) in [5.41, 5.74) is 1.81. The first-order valence-corrected chi connectivity index (χ1v) is 9.65. The van der Waals surface area contributed by atoms with E-state index in [1.165, 1.54) is 25.0 Å². The van der Waals surface area contributed by atoms with Gasteiger partial charge in [-0.25, -0.2) is 14.2 Å². The van der Waals surface area contributed by atoms with Crippen molar-refractivity contribution in [1.82, 2.24) is 15.2 Å².